The molecule has 3 rings (SSSR count). The number of ketones is 1. The molecule has 2 saturated heterocycles. The van der Waals surface area contributed by atoms with Gasteiger partial charge in [-0.1, -0.05) is 6.42 Å². The lowest BCUT2D eigenvalue weighted by molar-refractivity contribution is 0.0888. The van der Waals surface area contributed by atoms with Crippen molar-refractivity contribution in [1.29, 1.82) is 0 Å². The predicted molar refractivity (Wildman–Crippen MR) is 73.7 cm³/mol. The van der Waals surface area contributed by atoms with Crippen LogP contribution in [0.3, 0.4) is 0 Å². The first-order valence-electron chi connectivity index (χ1n) is 7.22. The first kappa shape index (κ1) is 15.5. The number of carbonyl (C=O) groups is 1. The molecule has 0 saturated carbocycles. The van der Waals surface area contributed by atoms with Gasteiger partial charge in [0.1, 0.15) is 5.82 Å². The van der Waals surface area contributed by atoms with Gasteiger partial charge in [0.25, 0.3) is 0 Å². The zero-order valence-corrected chi connectivity index (χ0v) is 12.5. The third kappa shape index (κ3) is 2.45. The molecule has 0 spiro atoms. The zero-order chi connectivity index (χ0) is 16.1. The molecule has 1 aromatic rings. The van der Waals surface area contributed by atoms with E-state index in [2.05, 4.69) is 0 Å². The molecule has 0 radical (unpaired) electrons. The van der Waals surface area contributed by atoms with Crippen molar-refractivity contribution in [1.82, 2.24) is 0 Å². The maximum atomic E-state index is 13.7. The van der Waals surface area contributed by atoms with Crippen LogP contribution in [-0.4, -0.2) is 24.7 Å². The SMILES string of the molecule is O=C(c1cc(F)cc(F)c1F)C1CC2CCCC(C1)S2(=O)=O. The van der Waals surface area contributed by atoms with Crippen LogP contribution in [-0.2, 0) is 9.84 Å². The monoisotopic (exact) mass is 332 g/mol. The van der Waals surface area contributed by atoms with Crippen molar-refractivity contribution in [3.63, 3.8) is 0 Å². The smallest absolute Gasteiger partial charge is 0.169 e. The summed E-state index contributed by atoms with van der Waals surface area (Å²) in [4.78, 5) is 12.4. The van der Waals surface area contributed by atoms with Gasteiger partial charge in [0.15, 0.2) is 27.3 Å². The van der Waals surface area contributed by atoms with Crippen molar-refractivity contribution in [2.75, 3.05) is 0 Å². The summed E-state index contributed by atoms with van der Waals surface area (Å²) in [5.74, 6) is -5.21. The lowest BCUT2D eigenvalue weighted by Crippen LogP contribution is -2.45. The van der Waals surface area contributed by atoms with Crippen molar-refractivity contribution in [3.8, 4) is 0 Å². The standard InChI is InChI=1S/C15H15F3O3S/c16-9-6-12(14(18)13(17)7-9)15(19)8-4-10-2-1-3-11(5-8)22(10,20)21/h6-8,10-11H,1-5H2. The number of hydrogen-bond acceptors (Lipinski definition) is 3. The van der Waals surface area contributed by atoms with Gasteiger partial charge in [0.05, 0.1) is 16.1 Å². The molecule has 2 unspecified atom stereocenters. The van der Waals surface area contributed by atoms with Crippen LogP contribution in [0.4, 0.5) is 13.2 Å². The van der Waals surface area contributed by atoms with E-state index in [1.165, 1.54) is 0 Å². The Morgan fingerprint density at radius 3 is 2.23 bits per heavy atom. The van der Waals surface area contributed by atoms with Gasteiger partial charge in [-0.3, -0.25) is 4.79 Å². The van der Waals surface area contributed by atoms with E-state index in [9.17, 15) is 26.4 Å². The van der Waals surface area contributed by atoms with Gasteiger partial charge in [-0.25, -0.2) is 21.6 Å². The number of fused-ring (bicyclic) bond motifs is 2. The van der Waals surface area contributed by atoms with Crippen LogP contribution in [0, 0.1) is 23.4 Å². The highest BCUT2D eigenvalue weighted by Gasteiger charge is 2.46. The van der Waals surface area contributed by atoms with E-state index in [4.69, 9.17) is 0 Å². The highest BCUT2D eigenvalue weighted by molar-refractivity contribution is 7.92. The summed E-state index contributed by atoms with van der Waals surface area (Å²) < 4.78 is 64.6. The second kappa shape index (κ2) is 5.37. The second-order valence-electron chi connectivity index (χ2n) is 6.05. The van der Waals surface area contributed by atoms with Crippen LogP contribution >= 0.6 is 0 Å². The summed E-state index contributed by atoms with van der Waals surface area (Å²) in [6, 6.07) is 1.06. The number of Topliss-reactive ketones (excluding diaryl/α,β-unsaturated/α-hetero) is 1. The zero-order valence-electron chi connectivity index (χ0n) is 11.7. The van der Waals surface area contributed by atoms with Crippen LogP contribution in [0.5, 0.6) is 0 Å². The maximum Gasteiger partial charge on any atom is 0.169 e. The molecule has 3 nitrogen and oxygen atoms in total. The summed E-state index contributed by atoms with van der Waals surface area (Å²) in [7, 11) is -3.23. The van der Waals surface area contributed by atoms with Crippen molar-refractivity contribution < 1.29 is 26.4 Å². The second-order valence-corrected chi connectivity index (χ2v) is 8.56. The van der Waals surface area contributed by atoms with Gasteiger partial charge in [-0.2, -0.15) is 0 Å². The molecule has 0 amide bonds. The summed E-state index contributed by atoms with van der Waals surface area (Å²) in [6.45, 7) is 0. The van der Waals surface area contributed by atoms with Crippen molar-refractivity contribution >= 4 is 15.6 Å². The van der Waals surface area contributed by atoms with Crippen LogP contribution in [0.2, 0.25) is 0 Å². The molecule has 0 aromatic heterocycles. The van der Waals surface area contributed by atoms with Crippen molar-refractivity contribution in [3.05, 3.63) is 35.1 Å². The molecule has 2 fully saturated rings. The Kier molecular flexibility index (Phi) is 3.79. The molecule has 2 aliphatic rings. The number of rotatable bonds is 2. The Morgan fingerprint density at radius 2 is 1.64 bits per heavy atom. The van der Waals surface area contributed by atoms with Crippen molar-refractivity contribution in [2.45, 2.75) is 42.6 Å². The molecule has 0 aliphatic carbocycles. The summed E-state index contributed by atoms with van der Waals surface area (Å²) >= 11 is 0. The largest absolute Gasteiger partial charge is 0.294 e. The van der Waals surface area contributed by atoms with Crippen LogP contribution in [0.15, 0.2) is 12.1 Å². The number of hydrogen-bond donors (Lipinski definition) is 0. The third-order valence-electron chi connectivity index (χ3n) is 4.71. The molecule has 120 valence electrons. The summed E-state index contributed by atoms with van der Waals surface area (Å²) in [6.07, 6.45) is 1.98. The Morgan fingerprint density at radius 1 is 1.05 bits per heavy atom. The molecule has 0 N–H and O–H groups in total. The maximum absolute atomic E-state index is 13.7. The topological polar surface area (TPSA) is 51.2 Å². The van der Waals surface area contributed by atoms with Gasteiger partial charge < -0.3 is 0 Å². The van der Waals surface area contributed by atoms with E-state index in [0.717, 1.165) is 6.42 Å². The van der Waals surface area contributed by atoms with E-state index in [1.807, 2.05) is 0 Å². The van der Waals surface area contributed by atoms with Gasteiger partial charge >= 0.3 is 0 Å². The highest BCUT2D eigenvalue weighted by atomic mass is 32.2. The molecule has 7 heteroatoms. The normalized spacial score (nSPS) is 30.0. The number of halogens is 3. The summed E-state index contributed by atoms with van der Waals surface area (Å²) in [5.41, 5.74) is -0.625. The Bertz CT molecular complexity index is 710. The molecule has 2 aliphatic heterocycles. The van der Waals surface area contributed by atoms with E-state index in [0.29, 0.717) is 25.0 Å². The van der Waals surface area contributed by atoms with E-state index >= 15 is 0 Å². The summed E-state index contributed by atoms with van der Waals surface area (Å²) in [5, 5.41) is -1.20. The Labute approximate surface area is 126 Å². The lowest BCUT2D eigenvalue weighted by atomic mass is 9.84. The quantitative estimate of drug-likeness (QED) is 0.618. The van der Waals surface area contributed by atoms with Gasteiger partial charge in [0, 0.05) is 12.0 Å². The van der Waals surface area contributed by atoms with Gasteiger partial charge in [-0.05, 0) is 31.7 Å². The third-order valence-corrected chi connectivity index (χ3v) is 7.42. The molecule has 2 heterocycles. The molecule has 1 aromatic carbocycles. The Balaban J connectivity index is 1.92. The fourth-order valence-electron chi connectivity index (χ4n) is 3.58. The van der Waals surface area contributed by atoms with Crippen LogP contribution in [0.1, 0.15) is 42.5 Å². The molecular formula is C15H15F3O3S. The molecule has 2 atom stereocenters. The minimum Gasteiger partial charge on any atom is -0.294 e. The van der Waals surface area contributed by atoms with Crippen molar-refractivity contribution in [2.24, 2.45) is 5.92 Å². The van der Waals surface area contributed by atoms with E-state index in [-0.39, 0.29) is 12.8 Å². The Hall–Kier alpha value is -1.37. The fraction of sp³-hybridized carbons (Fsp3) is 0.533. The minimum atomic E-state index is -3.23. The first-order valence-corrected chi connectivity index (χ1v) is 8.83. The number of benzene rings is 1. The van der Waals surface area contributed by atoms with Crippen LogP contribution < -0.4 is 0 Å². The first-order chi connectivity index (χ1) is 10.3. The highest BCUT2D eigenvalue weighted by Crippen LogP contribution is 2.40. The molecule has 22 heavy (non-hydrogen) atoms. The van der Waals surface area contributed by atoms with Gasteiger partial charge in [-0.15, -0.1) is 0 Å². The number of carbonyl (C=O) groups excluding carboxylic acids is 1. The average molecular weight is 332 g/mol. The fourth-order valence-corrected chi connectivity index (χ4v) is 6.11. The van der Waals surface area contributed by atoms with Crippen LogP contribution in [0.25, 0.3) is 0 Å². The minimum absolute atomic E-state index is 0.106. The average Bonchev–Trinajstić information content (AvgIpc) is 2.41. The van der Waals surface area contributed by atoms with Gasteiger partial charge in [0.2, 0.25) is 0 Å². The van der Waals surface area contributed by atoms with E-state index < -0.39 is 55.1 Å². The molecular weight excluding hydrogens is 317 g/mol. The molecule has 2 bridgehead atoms. The number of sulfone groups is 1. The predicted octanol–water partition coefficient (Wildman–Crippen LogP) is 3.03. The van der Waals surface area contributed by atoms with E-state index in [1.54, 1.807) is 0 Å². The lowest BCUT2D eigenvalue weighted by Gasteiger charge is -2.38.